The number of nitrogens with one attached hydrogen (secondary N) is 2. The number of imidazole rings is 1. The molecule has 5 aromatic rings. The van der Waals surface area contributed by atoms with Gasteiger partial charge < -0.3 is 4.74 Å². The van der Waals surface area contributed by atoms with Crippen LogP contribution < -0.4 is 15.4 Å². The van der Waals surface area contributed by atoms with E-state index in [1.807, 2.05) is 97.2 Å². The molecule has 8 heteroatoms. The van der Waals surface area contributed by atoms with E-state index in [2.05, 4.69) is 15.7 Å². The first-order valence-electron chi connectivity index (χ1n) is 10.9. The van der Waals surface area contributed by atoms with E-state index in [0.29, 0.717) is 23.2 Å². The molecule has 8 nitrogen and oxygen atoms in total. The number of nitrogens with zero attached hydrogens (tertiary/aromatic N) is 4. The molecule has 170 valence electrons. The summed E-state index contributed by atoms with van der Waals surface area (Å²) in [5, 5.41) is 10.5. The normalized spacial score (nSPS) is 10.9. The molecule has 0 aliphatic heterocycles. The summed E-state index contributed by atoms with van der Waals surface area (Å²) in [4.78, 5) is 18.1. The fraction of sp³-hybridized carbons (Fsp3) is 0.115. The maximum absolute atomic E-state index is 13.3. The molecule has 2 amide bonds. The van der Waals surface area contributed by atoms with Gasteiger partial charge in [0.1, 0.15) is 23.0 Å². The van der Waals surface area contributed by atoms with Crippen LogP contribution in [-0.4, -0.2) is 32.3 Å². The lowest BCUT2D eigenvalue weighted by molar-refractivity contribution is 0.262. The van der Waals surface area contributed by atoms with Crippen LogP contribution in [0.25, 0.3) is 22.6 Å². The number of carbonyl (C=O) groups excluding carboxylic acids is 1. The van der Waals surface area contributed by atoms with Gasteiger partial charge in [0, 0.05) is 11.8 Å². The van der Waals surface area contributed by atoms with Gasteiger partial charge >= 0.3 is 6.03 Å². The molecule has 0 saturated heterocycles. The highest BCUT2D eigenvalue weighted by atomic mass is 16.5. The topological polar surface area (TPSA) is 85.5 Å². The van der Waals surface area contributed by atoms with Crippen molar-refractivity contribution in [1.82, 2.24) is 19.2 Å². The molecule has 0 bridgehead atoms. The molecule has 34 heavy (non-hydrogen) atoms. The second kappa shape index (κ2) is 8.74. The van der Waals surface area contributed by atoms with Gasteiger partial charge in [-0.25, -0.2) is 14.5 Å². The highest BCUT2D eigenvalue weighted by Gasteiger charge is 2.21. The van der Waals surface area contributed by atoms with E-state index < -0.39 is 6.03 Å². The number of para-hydroxylation sites is 1. The number of hydrogen-bond acceptors (Lipinski definition) is 4. The van der Waals surface area contributed by atoms with E-state index in [0.717, 1.165) is 28.0 Å². The monoisotopic (exact) mass is 452 g/mol. The average molecular weight is 453 g/mol. The van der Waals surface area contributed by atoms with Gasteiger partial charge in [-0.3, -0.25) is 15.0 Å². The highest BCUT2D eigenvalue weighted by molar-refractivity contribution is 6.02. The number of ether oxygens (including phenoxy) is 1. The van der Waals surface area contributed by atoms with Gasteiger partial charge in [0.25, 0.3) is 0 Å². The van der Waals surface area contributed by atoms with Gasteiger partial charge in [-0.1, -0.05) is 54.6 Å². The quantitative estimate of drug-likeness (QED) is 0.371. The Morgan fingerprint density at radius 1 is 0.882 bits per heavy atom. The largest absolute Gasteiger partial charge is 0.480 e. The molecule has 0 fully saturated rings. The molecule has 5 rings (SSSR count). The minimum atomic E-state index is -0.414. The summed E-state index contributed by atoms with van der Waals surface area (Å²) in [6.45, 7) is 3.85. The lowest BCUT2D eigenvalue weighted by atomic mass is 10.1. The first kappa shape index (κ1) is 21.3. The summed E-state index contributed by atoms with van der Waals surface area (Å²) in [5.74, 6) is 1.54. The van der Waals surface area contributed by atoms with Crippen molar-refractivity contribution < 1.29 is 9.53 Å². The zero-order valence-corrected chi connectivity index (χ0v) is 19.1. The van der Waals surface area contributed by atoms with Crippen LogP contribution in [0.1, 0.15) is 11.1 Å². The van der Waals surface area contributed by atoms with Gasteiger partial charge in [-0.2, -0.15) is 0 Å². The molecule has 2 N–H and O–H groups in total. The first-order chi connectivity index (χ1) is 16.6. The molecular formula is C26H24N6O2. The Bertz CT molecular complexity index is 1470. The third-order valence-corrected chi connectivity index (χ3v) is 5.63. The molecular weight excluding hydrogens is 428 g/mol. The minimum Gasteiger partial charge on any atom is -0.480 e. The smallest absolute Gasteiger partial charge is 0.326 e. The molecule has 0 saturated carbocycles. The summed E-state index contributed by atoms with van der Waals surface area (Å²) < 4.78 is 8.95. The number of rotatable bonds is 5. The van der Waals surface area contributed by atoms with E-state index in [9.17, 15) is 4.79 Å². The second-order valence-electron chi connectivity index (χ2n) is 7.87. The highest BCUT2D eigenvalue weighted by Crippen LogP contribution is 2.31. The van der Waals surface area contributed by atoms with Crippen molar-refractivity contribution in [3.63, 3.8) is 0 Å². The number of methoxy groups -OCH3 is 1. The third kappa shape index (κ3) is 3.75. The van der Waals surface area contributed by atoms with Crippen molar-refractivity contribution in [2.45, 2.75) is 13.8 Å². The van der Waals surface area contributed by atoms with Crippen molar-refractivity contribution in [3.05, 3.63) is 90.1 Å². The number of aromatic nitrogens is 4. The zero-order valence-electron chi connectivity index (χ0n) is 19.1. The predicted octanol–water partition coefficient (Wildman–Crippen LogP) is 5.46. The lowest BCUT2D eigenvalue weighted by Crippen LogP contribution is -2.23. The Kier molecular flexibility index (Phi) is 5.47. The number of pyridine rings is 1. The van der Waals surface area contributed by atoms with Crippen LogP contribution in [-0.2, 0) is 0 Å². The molecule has 0 aliphatic rings. The lowest BCUT2D eigenvalue weighted by Gasteiger charge is -2.12. The minimum absolute atomic E-state index is 0.414. The Balaban J connectivity index is 1.54. The van der Waals surface area contributed by atoms with Gasteiger partial charge in [0.05, 0.1) is 18.4 Å². The molecule has 3 heterocycles. The van der Waals surface area contributed by atoms with E-state index in [1.54, 1.807) is 11.8 Å². The molecule has 0 spiro atoms. The van der Waals surface area contributed by atoms with Gasteiger partial charge in [0.15, 0.2) is 0 Å². The number of amides is 2. The van der Waals surface area contributed by atoms with Crippen LogP contribution in [0.4, 0.5) is 16.4 Å². The molecule has 2 aromatic carbocycles. The van der Waals surface area contributed by atoms with Crippen molar-refractivity contribution >= 4 is 23.3 Å². The van der Waals surface area contributed by atoms with Crippen LogP contribution in [0.15, 0.2) is 79.0 Å². The van der Waals surface area contributed by atoms with Gasteiger partial charge in [0.2, 0.25) is 5.88 Å². The number of carbonyl (C=O) groups is 1. The van der Waals surface area contributed by atoms with Crippen LogP contribution >= 0.6 is 0 Å². The number of hydrogen-bond donors (Lipinski definition) is 2. The summed E-state index contributed by atoms with van der Waals surface area (Å²) in [5.41, 5.74) is 4.92. The number of anilines is 2. The fourth-order valence-corrected chi connectivity index (χ4v) is 3.94. The summed E-state index contributed by atoms with van der Waals surface area (Å²) in [6, 6.07) is 22.9. The number of urea groups is 1. The van der Waals surface area contributed by atoms with Crippen molar-refractivity contribution in [3.8, 4) is 22.8 Å². The molecule has 0 unspecified atom stereocenters. The predicted molar refractivity (Wildman–Crippen MR) is 133 cm³/mol. The summed E-state index contributed by atoms with van der Waals surface area (Å²) in [7, 11) is 1.56. The summed E-state index contributed by atoms with van der Waals surface area (Å²) >= 11 is 0. The van der Waals surface area contributed by atoms with Crippen molar-refractivity contribution in [2.24, 2.45) is 0 Å². The van der Waals surface area contributed by atoms with E-state index in [4.69, 9.17) is 9.72 Å². The van der Waals surface area contributed by atoms with Crippen LogP contribution in [0.2, 0.25) is 0 Å². The number of benzene rings is 2. The van der Waals surface area contributed by atoms with E-state index >= 15 is 0 Å². The Morgan fingerprint density at radius 3 is 2.26 bits per heavy atom. The number of fused-ring (bicyclic) bond motifs is 1. The fourth-order valence-electron chi connectivity index (χ4n) is 3.94. The van der Waals surface area contributed by atoms with E-state index in [1.165, 1.54) is 0 Å². The maximum atomic E-state index is 13.3. The van der Waals surface area contributed by atoms with Crippen molar-refractivity contribution in [2.75, 3.05) is 17.7 Å². The molecule has 0 atom stereocenters. The third-order valence-electron chi connectivity index (χ3n) is 5.63. The average Bonchev–Trinajstić information content (AvgIpc) is 3.39. The van der Waals surface area contributed by atoms with Crippen LogP contribution in [0.3, 0.4) is 0 Å². The van der Waals surface area contributed by atoms with Gasteiger partial charge in [-0.05, 0) is 37.6 Å². The Morgan fingerprint density at radius 2 is 1.56 bits per heavy atom. The molecule has 0 radical (unpaired) electrons. The first-order valence-corrected chi connectivity index (χ1v) is 10.9. The van der Waals surface area contributed by atoms with Crippen molar-refractivity contribution in [1.29, 1.82) is 0 Å². The Hall–Kier alpha value is -4.59. The van der Waals surface area contributed by atoms with E-state index in [-0.39, 0.29) is 0 Å². The van der Waals surface area contributed by atoms with Crippen LogP contribution in [0.5, 0.6) is 5.88 Å². The molecule has 0 aliphatic carbocycles. The van der Waals surface area contributed by atoms with Gasteiger partial charge in [-0.15, -0.1) is 5.10 Å². The summed E-state index contributed by atoms with van der Waals surface area (Å²) in [6.07, 6.45) is 1.89. The number of aryl methyl sites for hydroxylation is 1. The SMILES string of the molecule is COc1nn(-c2ccccc2)c(NC(=O)Nc2c(-c3ccccc3)nc3c(C)cccn23)c1C. The molecule has 3 aromatic heterocycles. The Labute approximate surface area is 196 Å². The standard InChI is InChI=1S/C26H24N6O2/c1-17-11-10-16-31-22(17)27-21(19-12-6-4-7-13-19)24(31)29-26(33)28-23-18(2)25(34-3)30-32(23)20-14-8-5-9-15-20/h4-16H,1-3H3,(H2,28,29,33). The maximum Gasteiger partial charge on any atom is 0.326 e. The zero-order chi connectivity index (χ0) is 23.7. The second-order valence-corrected chi connectivity index (χ2v) is 7.87. The van der Waals surface area contributed by atoms with Crippen LogP contribution in [0, 0.1) is 13.8 Å².